The van der Waals surface area contributed by atoms with Crippen molar-refractivity contribution in [2.24, 2.45) is 10.8 Å². The molecule has 1 spiro atoms. The summed E-state index contributed by atoms with van der Waals surface area (Å²) in [5.74, 6) is 0. The fraction of sp³-hybridized carbons (Fsp3) is 0.789. The van der Waals surface area contributed by atoms with Gasteiger partial charge in [0.15, 0.2) is 0 Å². The van der Waals surface area contributed by atoms with Crippen LogP contribution in [-0.4, -0.2) is 4.75 Å². The van der Waals surface area contributed by atoms with Crippen molar-refractivity contribution in [2.75, 3.05) is 0 Å². The van der Waals surface area contributed by atoms with Crippen LogP contribution in [0.4, 0.5) is 0 Å². The quantitative estimate of drug-likeness (QED) is 0.492. The van der Waals surface area contributed by atoms with E-state index >= 15 is 0 Å². The Morgan fingerprint density at radius 2 is 1.40 bits per heavy atom. The van der Waals surface area contributed by atoms with Gasteiger partial charge in [-0.3, -0.25) is 0 Å². The molecule has 0 amide bonds. The first-order valence-electron chi connectivity index (χ1n) is 8.28. The summed E-state index contributed by atoms with van der Waals surface area (Å²) >= 11 is 2.27. The van der Waals surface area contributed by atoms with Crippen LogP contribution >= 0.6 is 11.8 Å². The summed E-state index contributed by atoms with van der Waals surface area (Å²) in [5, 5.41) is 0. The first-order valence-corrected chi connectivity index (χ1v) is 9.10. The van der Waals surface area contributed by atoms with Gasteiger partial charge in [-0.15, -0.1) is 11.8 Å². The molecule has 20 heavy (non-hydrogen) atoms. The van der Waals surface area contributed by atoms with E-state index in [1.807, 2.05) is 0 Å². The van der Waals surface area contributed by atoms with Gasteiger partial charge in [-0.25, -0.2) is 0 Å². The average Bonchev–Trinajstić information content (AvgIpc) is 2.90. The van der Waals surface area contributed by atoms with E-state index in [0.29, 0.717) is 15.6 Å². The Labute approximate surface area is 129 Å². The molecule has 0 aromatic carbocycles. The van der Waals surface area contributed by atoms with Crippen molar-refractivity contribution in [3.8, 4) is 0 Å². The Morgan fingerprint density at radius 3 is 1.90 bits per heavy atom. The summed E-state index contributed by atoms with van der Waals surface area (Å²) in [6.07, 6.45) is 8.38. The predicted octanol–water partition coefficient (Wildman–Crippen LogP) is 6.48. The molecule has 1 aliphatic heterocycles. The van der Waals surface area contributed by atoms with Gasteiger partial charge in [0.1, 0.15) is 0 Å². The van der Waals surface area contributed by atoms with Gasteiger partial charge in [-0.2, -0.15) is 0 Å². The highest BCUT2D eigenvalue weighted by molar-refractivity contribution is 8.05. The number of fused-ring (bicyclic) bond motifs is 1. The van der Waals surface area contributed by atoms with Gasteiger partial charge < -0.3 is 0 Å². The molecule has 2 aliphatic carbocycles. The van der Waals surface area contributed by atoms with Crippen molar-refractivity contribution in [2.45, 2.75) is 84.8 Å². The topological polar surface area (TPSA) is 0 Å². The maximum absolute atomic E-state index is 2.41. The van der Waals surface area contributed by atoms with Crippen LogP contribution in [0.5, 0.6) is 0 Å². The molecule has 0 atom stereocenters. The van der Waals surface area contributed by atoms with E-state index in [4.69, 9.17) is 0 Å². The molecule has 1 heterocycles. The summed E-state index contributed by atoms with van der Waals surface area (Å²) in [7, 11) is 0. The summed E-state index contributed by atoms with van der Waals surface area (Å²) < 4.78 is 0.581. The Hall–Kier alpha value is -0.170. The second-order valence-corrected chi connectivity index (χ2v) is 10.6. The number of hydrogen-bond acceptors (Lipinski definition) is 1. The predicted molar refractivity (Wildman–Crippen MR) is 91.0 cm³/mol. The molecular weight excluding hydrogens is 260 g/mol. The lowest BCUT2D eigenvalue weighted by molar-refractivity contribution is 0.454. The lowest BCUT2D eigenvalue weighted by Gasteiger charge is -2.29. The molecule has 3 aliphatic rings. The zero-order valence-corrected chi connectivity index (χ0v) is 15.0. The molecule has 1 saturated heterocycles. The van der Waals surface area contributed by atoms with E-state index in [0.717, 1.165) is 0 Å². The van der Waals surface area contributed by atoms with Crippen LogP contribution < -0.4 is 0 Å². The molecule has 0 bridgehead atoms. The molecule has 2 fully saturated rings. The molecule has 0 N–H and O–H groups in total. The minimum absolute atomic E-state index is 0.324. The monoisotopic (exact) mass is 290 g/mol. The highest BCUT2D eigenvalue weighted by Crippen LogP contribution is 2.64. The number of allylic oxidation sites excluding steroid dienone is 3. The Kier molecular flexibility index (Phi) is 3.26. The van der Waals surface area contributed by atoms with Crippen molar-refractivity contribution in [3.05, 3.63) is 21.6 Å². The van der Waals surface area contributed by atoms with Crippen molar-refractivity contribution in [3.63, 3.8) is 0 Å². The maximum Gasteiger partial charge on any atom is 0.0248 e. The Balaban J connectivity index is 2.05. The fourth-order valence-electron chi connectivity index (χ4n) is 4.19. The normalized spacial score (nSPS) is 26.1. The largest absolute Gasteiger partial charge is 0.119 e. The molecule has 112 valence electrons. The molecular formula is C19H30S. The summed E-state index contributed by atoms with van der Waals surface area (Å²) in [4.78, 5) is 1.71. The molecule has 3 rings (SSSR count). The van der Waals surface area contributed by atoms with Gasteiger partial charge in [0, 0.05) is 9.65 Å². The van der Waals surface area contributed by atoms with Crippen molar-refractivity contribution < 1.29 is 0 Å². The minimum atomic E-state index is 0.324. The van der Waals surface area contributed by atoms with Crippen LogP contribution in [0, 0.1) is 10.8 Å². The Morgan fingerprint density at radius 1 is 0.850 bits per heavy atom. The molecule has 0 unspecified atom stereocenters. The second kappa shape index (κ2) is 4.41. The van der Waals surface area contributed by atoms with E-state index in [1.165, 1.54) is 38.5 Å². The Bertz CT molecular complexity index is 445. The van der Waals surface area contributed by atoms with Crippen LogP contribution in [0.15, 0.2) is 21.6 Å². The molecule has 0 radical (unpaired) electrons. The smallest absolute Gasteiger partial charge is 0.0248 e. The summed E-state index contributed by atoms with van der Waals surface area (Å²) in [6, 6.07) is 0. The number of hydrogen-bond donors (Lipinski definition) is 0. The van der Waals surface area contributed by atoms with E-state index in [1.54, 1.807) is 21.6 Å². The van der Waals surface area contributed by atoms with E-state index in [2.05, 4.69) is 53.3 Å². The fourth-order valence-corrected chi connectivity index (χ4v) is 6.15. The van der Waals surface area contributed by atoms with Crippen LogP contribution in [0.25, 0.3) is 0 Å². The van der Waals surface area contributed by atoms with Gasteiger partial charge in [0.25, 0.3) is 0 Å². The van der Waals surface area contributed by atoms with E-state index < -0.39 is 0 Å². The van der Waals surface area contributed by atoms with Gasteiger partial charge in [-0.05, 0) is 47.7 Å². The molecule has 0 nitrogen and oxygen atoms in total. The first-order chi connectivity index (χ1) is 9.12. The molecule has 0 aromatic heterocycles. The van der Waals surface area contributed by atoms with Gasteiger partial charge >= 0.3 is 0 Å². The second-order valence-electron chi connectivity index (χ2n) is 9.11. The molecule has 1 heteroatoms. The van der Waals surface area contributed by atoms with Gasteiger partial charge in [-0.1, -0.05) is 60.0 Å². The van der Waals surface area contributed by atoms with Crippen LogP contribution in [0.2, 0.25) is 0 Å². The lowest BCUT2D eigenvalue weighted by atomic mass is 9.78. The van der Waals surface area contributed by atoms with Crippen molar-refractivity contribution >= 4 is 11.8 Å². The highest BCUT2D eigenvalue weighted by atomic mass is 32.2. The standard InChI is InChI=1S/C19H30S/c1-17(2,3)14-11-15(18(4,5)6)16-13(14)12-19(20-16)9-7-8-10-19/h7-12H2,1-6H3. The third-order valence-corrected chi connectivity index (χ3v) is 7.09. The van der Waals surface area contributed by atoms with Crippen LogP contribution in [-0.2, 0) is 0 Å². The summed E-state index contributed by atoms with van der Waals surface area (Å²) in [6.45, 7) is 14.4. The maximum atomic E-state index is 2.41. The van der Waals surface area contributed by atoms with Crippen LogP contribution in [0.1, 0.15) is 80.1 Å². The number of thioether (sulfide) groups is 1. The van der Waals surface area contributed by atoms with Crippen molar-refractivity contribution in [1.82, 2.24) is 0 Å². The third-order valence-electron chi connectivity index (χ3n) is 5.41. The molecule has 1 saturated carbocycles. The van der Waals surface area contributed by atoms with Gasteiger partial charge in [0.05, 0.1) is 0 Å². The molecule has 0 aromatic rings. The van der Waals surface area contributed by atoms with E-state index in [9.17, 15) is 0 Å². The van der Waals surface area contributed by atoms with E-state index in [-0.39, 0.29) is 0 Å². The third kappa shape index (κ3) is 2.30. The van der Waals surface area contributed by atoms with Crippen LogP contribution in [0.3, 0.4) is 0 Å². The van der Waals surface area contributed by atoms with Crippen molar-refractivity contribution in [1.29, 1.82) is 0 Å². The van der Waals surface area contributed by atoms with Gasteiger partial charge in [0.2, 0.25) is 0 Å². The first kappa shape index (κ1) is 14.8. The minimum Gasteiger partial charge on any atom is -0.119 e. The highest BCUT2D eigenvalue weighted by Gasteiger charge is 2.48. The zero-order chi connectivity index (χ0) is 14.8. The lowest BCUT2D eigenvalue weighted by Crippen LogP contribution is -2.18. The zero-order valence-electron chi connectivity index (χ0n) is 14.2. The summed E-state index contributed by atoms with van der Waals surface area (Å²) in [5.41, 5.74) is 5.89. The SMILES string of the molecule is CC(C)(C)C1=C2CC3(CCCC3)SC2=C(C(C)(C)C)C1. The average molecular weight is 291 g/mol. The number of rotatable bonds is 0.